The van der Waals surface area contributed by atoms with Crippen LogP contribution in [-0.2, 0) is 11.0 Å². The van der Waals surface area contributed by atoms with Crippen LogP contribution in [0.5, 0.6) is 0 Å². The van der Waals surface area contributed by atoms with Crippen LogP contribution < -0.4 is 0 Å². The zero-order valence-electron chi connectivity index (χ0n) is 8.16. The van der Waals surface area contributed by atoms with Crippen molar-refractivity contribution in [1.29, 1.82) is 0 Å². The summed E-state index contributed by atoms with van der Waals surface area (Å²) in [6.45, 7) is 6.79. The molecule has 0 aliphatic heterocycles. The van der Waals surface area contributed by atoms with Crippen LogP contribution in [0.4, 0.5) is 0 Å². The normalized spacial score (nSPS) is 11.6. The molecule has 0 unspecified atom stereocenters. The first-order valence-electron chi connectivity index (χ1n) is 4.19. The molecule has 72 valence electrons. The molecule has 1 aromatic rings. The molecule has 0 amide bonds. The Morgan fingerprint density at radius 1 is 1.46 bits per heavy atom. The third kappa shape index (κ3) is 3.56. The Morgan fingerprint density at radius 3 is 2.62 bits per heavy atom. The van der Waals surface area contributed by atoms with Crippen molar-refractivity contribution in [3.63, 3.8) is 0 Å². The lowest BCUT2D eigenvalue weighted by molar-refractivity contribution is 0.109. The summed E-state index contributed by atoms with van der Waals surface area (Å²) >= 11 is 0. The highest BCUT2D eigenvalue weighted by atomic mass is 28.4. The minimum atomic E-state index is -1.49. The minimum Gasteiger partial charge on any atom is -0.456 e. The van der Waals surface area contributed by atoms with Crippen molar-refractivity contribution in [3.8, 4) is 0 Å². The van der Waals surface area contributed by atoms with E-state index in [0.717, 1.165) is 0 Å². The number of hydrogen-bond donors (Lipinski definition) is 0. The van der Waals surface area contributed by atoms with Gasteiger partial charge in [0.2, 0.25) is 0 Å². The molecule has 0 radical (unpaired) electrons. The smallest absolute Gasteiger partial charge is 0.185 e. The fraction of sp³-hybridized carbons (Fsp3) is 0.444. The lowest BCUT2D eigenvalue weighted by atomic mass is 10.4. The van der Waals surface area contributed by atoms with Gasteiger partial charge in [-0.1, -0.05) is 0 Å². The van der Waals surface area contributed by atoms with Gasteiger partial charge in [-0.25, -0.2) is 0 Å². The van der Waals surface area contributed by atoms with Crippen molar-refractivity contribution in [2.75, 3.05) is 0 Å². The zero-order chi connectivity index (χ0) is 9.90. The van der Waals surface area contributed by atoms with E-state index < -0.39 is 8.32 Å². The summed E-state index contributed by atoms with van der Waals surface area (Å²) in [5.41, 5.74) is 0. The summed E-state index contributed by atoms with van der Waals surface area (Å²) in [4.78, 5) is 10.3. The Hall–Kier alpha value is -0.873. The van der Waals surface area contributed by atoms with Gasteiger partial charge < -0.3 is 8.84 Å². The van der Waals surface area contributed by atoms with Gasteiger partial charge in [0.1, 0.15) is 5.76 Å². The van der Waals surface area contributed by atoms with Crippen molar-refractivity contribution in [2.45, 2.75) is 26.2 Å². The van der Waals surface area contributed by atoms with Gasteiger partial charge in [0, 0.05) is 0 Å². The maximum atomic E-state index is 10.3. The quantitative estimate of drug-likeness (QED) is 0.551. The molecule has 1 aromatic heterocycles. The van der Waals surface area contributed by atoms with Crippen molar-refractivity contribution in [1.82, 2.24) is 0 Å². The SMILES string of the molecule is C[Si](C)(C)OCc1ccc(C=O)o1. The summed E-state index contributed by atoms with van der Waals surface area (Å²) in [7, 11) is -1.49. The maximum absolute atomic E-state index is 10.3. The fourth-order valence-corrected chi connectivity index (χ4v) is 1.40. The average molecular weight is 198 g/mol. The van der Waals surface area contributed by atoms with E-state index in [1.165, 1.54) is 0 Å². The third-order valence-electron chi connectivity index (χ3n) is 1.45. The molecule has 0 aliphatic carbocycles. The summed E-state index contributed by atoms with van der Waals surface area (Å²) in [5.74, 6) is 1.07. The lowest BCUT2D eigenvalue weighted by Gasteiger charge is -2.15. The highest BCUT2D eigenvalue weighted by molar-refractivity contribution is 6.69. The molecule has 0 N–H and O–H groups in total. The van der Waals surface area contributed by atoms with Gasteiger partial charge in [0.25, 0.3) is 0 Å². The Morgan fingerprint density at radius 2 is 2.15 bits per heavy atom. The second-order valence-electron chi connectivity index (χ2n) is 3.82. The molecule has 0 bridgehead atoms. The molecule has 3 nitrogen and oxygen atoms in total. The summed E-state index contributed by atoms with van der Waals surface area (Å²) in [6, 6.07) is 3.42. The van der Waals surface area contributed by atoms with E-state index in [-0.39, 0.29) is 0 Å². The molecule has 0 saturated carbocycles. The number of rotatable bonds is 4. The fourth-order valence-electron chi connectivity index (χ4n) is 0.823. The summed E-state index contributed by atoms with van der Waals surface area (Å²) in [5, 5.41) is 0. The van der Waals surface area contributed by atoms with E-state index >= 15 is 0 Å². The standard InChI is InChI=1S/C9H14O3Si/c1-13(2,3)11-7-9-5-4-8(6-10)12-9/h4-6H,7H2,1-3H3. The van der Waals surface area contributed by atoms with Gasteiger partial charge in [0.05, 0.1) is 6.61 Å². The monoisotopic (exact) mass is 198 g/mol. The molecule has 0 aromatic carbocycles. The molecule has 0 spiro atoms. The number of hydrogen-bond acceptors (Lipinski definition) is 3. The molecule has 0 atom stereocenters. The largest absolute Gasteiger partial charge is 0.456 e. The molecule has 0 aliphatic rings. The second kappa shape index (κ2) is 3.89. The van der Waals surface area contributed by atoms with Gasteiger partial charge in [-0.05, 0) is 31.8 Å². The molecule has 4 heteroatoms. The first-order valence-corrected chi connectivity index (χ1v) is 7.60. The maximum Gasteiger partial charge on any atom is 0.185 e. The van der Waals surface area contributed by atoms with Crippen LogP contribution >= 0.6 is 0 Å². The predicted octanol–water partition coefficient (Wildman–Crippen LogP) is 2.44. The number of aldehydes is 1. The highest BCUT2D eigenvalue weighted by Crippen LogP contribution is 2.11. The Balaban J connectivity index is 2.50. The first-order chi connectivity index (χ1) is 6.01. The number of furan rings is 1. The third-order valence-corrected chi connectivity index (χ3v) is 2.46. The summed E-state index contributed by atoms with van der Waals surface area (Å²) < 4.78 is 10.8. The van der Waals surface area contributed by atoms with E-state index in [1.54, 1.807) is 12.1 Å². The van der Waals surface area contributed by atoms with E-state index in [1.807, 2.05) is 0 Å². The first kappa shape index (κ1) is 10.2. The topological polar surface area (TPSA) is 39.4 Å². The molecule has 0 fully saturated rings. The van der Waals surface area contributed by atoms with Crippen LogP contribution in [0.3, 0.4) is 0 Å². The molecular weight excluding hydrogens is 184 g/mol. The zero-order valence-corrected chi connectivity index (χ0v) is 9.16. The second-order valence-corrected chi connectivity index (χ2v) is 8.34. The Kier molecular flexibility index (Phi) is 3.06. The molecule has 1 rings (SSSR count). The van der Waals surface area contributed by atoms with Crippen LogP contribution in [0, 0.1) is 0 Å². The van der Waals surface area contributed by atoms with E-state index in [4.69, 9.17) is 8.84 Å². The van der Waals surface area contributed by atoms with Crippen LogP contribution in [0.25, 0.3) is 0 Å². The highest BCUT2D eigenvalue weighted by Gasteiger charge is 2.14. The Bertz CT molecular complexity index is 285. The Labute approximate surface area is 78.8 Å². The van der Waals surface area contributed by atoms with E-state index in [0.29, 0.717) is 24.4 Å². The van der Waals surface area contributed by atoms with Crippen molar-refractivity contribution in [3.05, 3.63) is 23.7 Å². The summed E-state index contributed by atoms with van der Waals surface area (Å²) in [6.07, 6.45) is 0.692. The minimum absolute atomic E-state index is 0.356. The molecule has 1 heterocycles. The van der Waals surface area contributed by atoms with Gasteiger partial charge >= 0.3 is 0 Å². The van der Waals surface area contributed by atoms with Gasteiger partial charge in [-0.15, -0.1) is 0 Å². The van der Waals surface area contributed by atoms with Crippen molar-refractivity contribution in [2.24, 2.45) is 0 Å². The van der Waals surface area contributed by atoms with E-state index in [2.05, 4.69) is 19.6 Å². The predicted molar refractivity (Wildman–Crippen MR) is 52.2 cm³/mol. The van der Waals surface area contributed by atoms with Crippen LogP contribution in [-0.4, -0.2) is 14.6 Å². The van der Waals surface area contributed by atoms with Crippen molar-refractivity contribution >= 4 is 14.6 Å². The molecule has 13 heavy (non-hydrogen) atoms. The average Bonchev–Trinajstić information content (AvgIpc) is 2.47. The number of carbonyl (C=O) groups is 1. The van der Waals surface area contributed by atoms with Crippen LogP contribution in [0.1, 0.15) is 16.3 Å². The van der Waals surface area contributed by atoms with Crippen molar-refractivity contribution < 1.29 is 13.6 Å². The molecular formula is C9H14O3Si. The van der Waals surface area contributed by atoms with E-state index in [9.17, 15) is 4.79 Å². The number of carbonyl (C=O) groups excluding carboxylic acids is 1. The van der Waals surface area contributed by atoms with Gasteiger partial charge in [-0.2, -0.15) is 0 Å². The van der Waals surface area contributed by atoms with Crippen LogP contribution in [0.2, 0.25) is 19.6 Å². The van der Waals surface area contributed by atoms with Crippen LogP contribution in [0.15, 0.2) is 16.5 Å². The molecule has 0 saturated heterocycles. The lowest BCUT2D eigenvalue weighted by Crippen LogP contribution is -2.24. The van der Waals surface area contributed by atoms with Gasteiger partial charge in [0.15, 0.2) is 20.4 Å². The van der Waals surface area contributed by atoms with Gasteiger partial charge in [-0.3, -0.25) is 4.79 Å².